The fourth-order valence-corrected chi connectivity index (χ4v) is 2.52. The van der Waals surface area contributed by atoms with Gasteiger partial charge in [-0.3, -0.25) is 19.5 Å². The molecule has 1 aliphatic heterocycles. The maximum Gasteiger partial charge on any atom is 0.367 e. The van der Waals surface area contributed by atoms with E-state index in [1.807, 2.05) is 0 Å². The van der Waals surface area contributed by atoms with Crippen LogP contribution < -0.4 is 0 Å². The molecule has 0 N–H and O–H groups in total. The zero-order valence-corrected chi connectivity index (χ0v) is 12.7. The Kier molecular flexibility index (Phi) is 3.52. The predicted octanol–water partition coefficient (Wildman–Crippen LogP) is 3.12. The highest BCUT2D eigenvalue weighted by Crippen LogP contribution is 2.36. The summed E-state index contributed by atoms with van der Waals surface area (Å²) in [5, 5.41) is 0. The molecule has 0 bridgehead atoms. The molecule has 2 amide bonds. The Morgan fingerprint density at radius 2 is 1.82 bits per heavy atom. The van der Waals surface area contributed by atoms with Gasteiger partial charge in [0, 0.05) is 10.7 Å². The van der Waals surface area contributed by atoms with Crippen molar-refractivity contribution in [3.05, 3.63) is 63.9 Å². The van der Waals surface area contributed by atoms with Gasteiger partial charge in [-0.2, -0.15) is 8.78 Å². The standard InChI is InChI=1S/C15H9BrF2N2O2/c16-10-5-3-9(4-6-10)8-20-13(21)11-2-1-7-19-12(11)15(17,18)14(20)22/h1-7H,8H2. The number of halogens is 3. The number of imide groups is 1. The van der Waals surface area contributed by atoms with Crippen molar-refractivity contribution in [2.75, 3.05) is 0 Å². The predicted molar refractivity (Wildman–Crippen MR) is 77.2 cm³/mol. The van der Waals surface area contributed by atoms with E-state index < -0.39 is 23.4 Å². The first-order valence-electron chi connectivity index (χ1n) is 6.35. The molecule has 1 aromatic heterocycles. The molecule has 0 saturated carbocycles. The summed E-state index contributed by atoms with van der Waals surface area (Å²) in [7, 11) is 0. The van der Waals surface area contributed by atoms with Gasteiger partial charge in [-0.25, -0.2) is 0 Å². The number of aromatic nitrogens is 1. The summed E-state index contributed by atoms with van der Waals surface area (Å²) in [4.78, 5) is 28.4. The van der Waals surface area contributed by atoms with Crippen molar-refractivity contribution in [3.63, 3.8) is 0 Å². The molecule has 112 valence electrons. The molecule has 1 aliphatic rings. The second-order valence-electron chi connectivity index (χ2n) is 4.80. The molecule has 4 nitrogen and oxygen atoms in total. The van der Waals surface area contributed by atoms with Crippen molar-refractivity contribution in [3.8, 4) is 0 Å². The van der Waals surface area contributed by atoms with Crippen LogP contribution in [-0.4, -0.2) is 21.7 Å². The first-order valence-corrected chi connectivity index (χ1v) is 7.14. The summed E-state index contributed by atoms with van der Waals surface area (Å²) in [6.45, 7) is -0.213. The normalized spacial score (nSPS) is 16.6. The van der Waals surface area contributed by atoms with E-state index in [9.17, 15) is 18.4 Å². The van der Waals surface area contributed by atoms with Gasteiger partial charge in [0.1, 0.15) is 5.69 Å². The van der Waals surface area contributed by atoms with E-state index in [1.54, 1.807) is 24.3 Å². The summed E-state index contributed by atoms with van der Waals surface area (Å²) in [6.07, 6.45) is 1.14. The van der Waals surface area contributed by atoms with Crippen molar-refractivity contribution < 1.29 is 18.4 Å². The second-order valence-corrected chi connectivity index (χ2v) is 5.71. The summed E-state index contributed by atoms with van der Waals surface area (Å²) < 4.78 is 29.1. The van der Waals surface area contributed by atoms with Crippen LogP contribution in [0.3, 0.4) is 0 Å². The van der Waals surface area contributed by atoms with E-state index in [0.29, 0.717) is 10.5 Å². The summed E-state index contributed by atoms with van der Waals surface area (Å²) >= 11 is 3.26. The highest BCUT2D eigenvalue weighted by Gasteiger charge is 2.53. The summed E-state index contributed by atoms with van der Waals surface area (Å²) in [5.74, 6) is -6.12. The highest BCUT2D eigenvalue weighted by molar-refractivity contribution is 9.10. The van der Waals surface area contributed by atoms with Gasteiger partial charge in [-0.05, 0) is 29.8 Å². The van der Waals surface area contributed by atoms with Crippen LogP contribution in [0.2, 0.25) is 0 Å². The average Bonchev–Trinajstić information content (AvgIpc) is 2.52. The number of carbonyl (C=O) groups excluding carboxylic acids is 2. The van der Waals surface area contributed by atoms with E-state index in [1.165, 1.54) is 12.1 Å². The Morgan fingerprint density at radius 1 is 1.14 bits per heavy atom. The quantitative estimate of drug-likeness (QED) is 0.767. The number of pyridine rings is 1. The van der Waals surface area contributed by atoms with Gasteiger partial charge < -0.3 is 0 Å². The van der Waals surface area contributed by atoms with Crippen LogP contribution >= 0.6 is 15.9 Å². The molecule has 0 fully saturated rings. The van der Waals surface area contributed by atoms with Crippen molar-refractivity contribution >= 4 is 27.7 Å². The third-order valence-electron chi connectivity index (χ3n) is 3.35. The zero-order valence-electron chi connectivity index (χ0n) is 11.1. The highest BCUT2D eigenvalue weighted by atomic mass is 79.9. The number of alkyl halides is 2. The molecular weight excluding hydrogens is 358 g/mol. The van der Waals surface area contributed by atoms with E-state index in [2.05, 4.69) is 20.9 Å². The minimum atomic E-state index is -3.81. The molecule has 0 unspecified atom stereocenters. The number of amides is 2. The van der Waals surface area contributed by atoms with Gasteiger partial charge in [0.2, 0.25) is 0 Å². The zero-order chi connectivity index (χ0) is 15.9. The number of benzene rings is 1. The minimum absolute atomic E-state index is 0.213. The Hall–Kier alpha value is -2.15. The van der Waals surface area contributed by atoms with Gasteiger partial charge in [-0.15, -0.1) is 0 Å². The molecular formula is C15H9BrF2N2O2. The molecule has 3 rings (SSSR count). The minimum Gasteiger partial charge on any atom is -0.269 e. The monoisotopic (exact) mass is 366 g/mol. The molecule has 7 heteroatoms. The fraction of sp³-hybridized carbons (Fsp3) is 0.133. The molecule has 22 heavy (non-hydrogen) atoms. The molecule has 0 spiro atoms. The third-order valence-corrected chi connectivity index (χ3v) is 3.88. The third kappa shape index (κ3) is 2.31. The average molecular weight is 367 g/mol. The van der Waals surface area contributed by atoms with E-state index in [4.69, 9.17) is 0 Å². The van der Waals surface area contributed by atoms with Crippen molar-refractivity contribution in [2.24, 2.45) is 0 Å². The fourth-order valence-electron chi connectivity index (χ4n) is 2.25. The van der Waals surface area contributed by atoms with Crippen LogP contribution in [0.5, 0.6) is 0 Å². The summed E-state index contributed by atoms with van der Waals surface area (Å²) in [5.41, 5.74) is -0.450. The first-order chi connectivity index (χ1) is 10.4. The van der Waals surface area contributed by atoms with Crippen LogP contribution in [0, 0.1) is 0 Å². The Balaban J connectivity index is 2.01. The first kappa shape index (κ1) is 14.8. The number of rotatable bonds is 2. The van der Waals surface area contributed by atoms with Crippen molar-refractivity contribution in [2.45, 2.75) is 12.5 Å². The molecule has 0 aliphatic carbocycles. The largest absolute Gasteiger partial charge is 0.367 e. The molecule has 0 atom stereocenters. The second kappa shape index (κ2) is 5.24. The number of nitrogens with zero attached hydrogens (tertiary/aromatic N) is 2. The topological polar surface area (TPSA) is 50.3 Å². The van der Waals surface area contributed by atoms with Crippen molar-refractivity contribution in [1.29, 1.82) is 0 Å². The molecule has 0 saturated heterocycles. The van der Waals surface area contributed by atoms with Crippen LogP contribution in [-0.2, 0) is 17.3 Å². The molecule has 1 aromatic carbocycles. The van der Waals surface area contributed by atoms with Crippen molar-refractivity contribution in [1.82, 2.24) is 9.88 Å². The van der Waals surface area contributed by atoms with Gasteiger partial charge >= 0.3 is 11.8 Å². The maximum absolute atomic E-state index is 14.2. The number of carbonyl (C=O) groups is 2. The number of hydrogen-bond acceptors (Lipinski definition) is 3. The Bertz CT molecular complexity index is 762. The molecule has 2 heterocycles. The van der Waals surface area contributed by atoms with Gasteiger partial charge in [0.25, 0.3) is 5.91 Å². The lowest BCUT2D eigenvalue weighted by Crippen LogP contribution is -2.50. The van der Waals surface area contributed by atoms with Crippen LogP contribution in [0.1, 0.15) is 21.6 Å². The Labute approximate surface area is 132 Å². The maximum atomic E-state index is 14.2. The molecule has 2 aromatic rings. The number of hydrogen-bond donors (Lipinski definition) is 0. The van der Waals surface area contributed by atoms with Crippen LogP contribution in [0.4, 0.5) is 8.78 Å². The van der Waals surface area contributed by atoms with Crippen LogP contribution in [0.15, 0.2) is 47.1 Å². The lowest BCUT2D eigenvalue weighted by atomic mass is 10.00. The van der Waals surface area contributed by atoms with Gasteiger partial charge in [0.05, 0.1) is 12.1 Å². The molecule has 0 radical (unpaired) electrons. The number of fused-ring (bicyclic) bond motifs is 1. The van der Waals surface area contributed by atoms with Crippen LogP contribution in [0.25, 0.3) is 0 Å². The van der Waals surface area contributed by atoms with Gasteiger partial charge in [-0.1, -0.05) is 28.1 Å². The SMILES string of the molecule is O=C1c2cccnc2C(F)(F)C(=O)N1Cc1ccc(Br)cc1. The van der Waals surface area contributed by atoms with E-state index >= 15 is 0 Å². The van der Waals surface area contributed by atoms with E-state index in [0.717, 1.165) is 10.7 Å². The Morgan fingerprint density at radius 3 is 2.50 bits per heavy atom. The van der Waals surface area contributed by atoms with Gasteiger partial charge in [0.15, 0.2) is 0 Å². The lowest BCUT2D eigenvalue weighted by molar-refractivity contribution is -0.158. The lowest BCUT2D eigenvalue weighted by Gasteiger charge is -2.31. The smallest absolute Gasteiger partial charge is 0.269 e. The summed E-state index contributed by atoms with van der Waals surface area (Å²) in [6, 6.07) is 9.37. The van der Waals surface area contributed by atoms with E-state index in [-0.39, 0.29) is 12.1 Å².